The number of pyridine rings is 1. The van der Waals surface area contributed by atoms with Gasteiger partial charge in [-0.25, -0.2) is 4.98 Å². The van der Waals surface area contributed by atoms with E-state index >= 15 is 0 Å². The Balaban J connectivity index is 1.68. The molecule has 0 aliphatic carbocycles. The van der Waals surface area contributed by atoms with Crippen LogP contribution in [0.4, 0.5) is 5.69 Å². The molecule has 21 heavy (non-hydrogen) atoms. The smallest absolute Gasteiger partial charge is 0.157 e. The lowest BCUT2D eigenvalue weighted by molar-refractivity contribution is 0.774. The van der Waals surface area contributed by atoms with Crippen molar-refractivity contribution in [2.45, 2.75) is 17.9 Å². The molecule has 0 bridgehead atoms. The van der Waals surface area contributed by atoms with Crippen molar-refractivity contribution in [3.63, 3.8) is 0 Å². The number of benzene rings is 1. The van der Waals surface area contributed by atoms with Crippen molar-refractivity contribution in [3.05, 3.63) is 47.8 Å². The van der Waals surface area contributed by atoms with E-state index in [-0.39, 0.29) is 0 Å². The molecule has 1 aliphatic rings. The van der Waals surface area contributed by atoms with E-state index in [1.165, 1.54) is 10.5 Å². The Kier molecular flexibility index (Phi) is 2.89. The predicted molar refractivity (Wildman–Crippen MR) is 86.8 cm³/mol. The molecule has 0 fully saturated rings. The van der Waals surface area contributed by atoms with E-state index in [0.717, 1.165) is 28.2 Å². The van der Waals surface area contributed by atoms with Gasteiger partial charge in [0.2, 0.25) is 0 Å². The van der Waals surface area contributed by atoms with Crippen LogP contribution in [0.2, 0.25) is 0 Å². The van der Waals surface area contributed by atoms with Gasteiger partial charge in [0.15, 0.2) is 5.65 Å². The molecule has 1 aliphatic heterocycles. The van der Waals surface area contributed by atoms with E-state index in [4.69, 9.17) is 0 Å². The normalized spacial score (nSPS) is 17.1. The monoisotopic (exact) mass is 296 g/mol. The Morgan fingerprint density at radius 2 is 2.19 bits per heavy atom. The minimum absolute atomic E-state index is 0.349. The summed E-state index contributed by atoms with van der Waals surface area (Å²) < 4.78 is 1.83. The highest BCUT2D eigenvalue weighted by Gasteiger charge is 2.22. The molecular weight excluding hydrogens is 280 g/mol. The highest BCUT2D eigenvalue weighted by molar-refractivity contribution is 7.99. The Morgan fingerprint density at radius 1 is 1.33 bits per heavy atom. The predicted octanol–water partition coefficient (Wildman–Crippen LogP) is 3.54. The molecule has 106 valence electrons. The molecule has 4 rings (SSSR count). The van der Waals surface area contributed by atoms with Gasteiger partial charge in [-0.2, -0.15) is 5.10 Å². The number of fused-ring (bicyclic) bond motifs is 2. The Labute approximate surface area is 127 Å². The summed E-state index contributed by atoms with van der Waals surface area (Å²) in [7, 11) is 1.93. The van der Waals surface area contributed by atoms with Gasteiger partial charge in [-0.05, 0) is 24.6 Å². The van der Waals surface area contributed by atoms with Crippen LogP contribution < -0.4 is 5.32 Å². The number of hydrogen-bond donors (Lipinski definition) is 1. The lowest BCUT2D eigenvalue weighted by Crippen LogP contribution is -2.09. The number of rotatable bonds is 2. The van der Waals surface area contributed by atoms with E-state index in [9.17, 15) is 0 Å². The van der Waals surface area contributed by atoms with E-state index in [0.29, 0.717) is 6.04 Å². The average molecular weight is 296 g/mol. The van der Waals surface area contributed by atoms with Crippen molar-refractivity contribution in [2.75, 3.05) is 11.1 Å². The fraction of sp³-hybridized carbons (Fsp3) is 0.250. The van der Waals surface area contributed by atoms with E-state index in [1.807, 2.05) is 36.6 Å². The second kappa shape index (κ2) is 4.77. The maximum Gasteiger partial charge on any atom is 0.157 e. The number of nitrogens with zero attached hydrogens (tertiary/aromatic N) is 3. The molecule has 1 aromatic carbocycles. The van der Waals surface area contributed by atoms with E-state index in [2.05, 4.69) is 45.7 Å². The maximum absolute atomic E-state index is 4.53. The summed E-state index contributed by atoms with van der Waals surface area (Å²) in [6.45, 7) is 2.02. The molecule has 1 N–H and O–H groups in total. The zero-order chi connectivity index (χ0) is 14.4. The average Bonchev–Trinajstić information content (AvgIpc) is 3.02. The van der Waals surface area contributed by atoms with Crippen LogP contribution in [-0.2, 0) is 7.05 Å². The van der Waals surface area contributed by atoms with Gasteiger partial charge in [0, 0.05) is 23.1 Å². The van der Waals surface area contributed by atoms with Crippen LogP contribution in [0.3, 0.4) is 0 Å². The van der Waals surface area contributed by atoms with Crippen molar-refractivity contribution in [3.8, 4) is 0 Å². The Bertz CT molecular complexity index is 824. The lowest BCUT2D eigenvalue weighted by Gasteiger charge is -2.14. The Morgan fingerprint density at radius 3 is 3.10 bits per heavy atom. The molecule has 0 amide bonds. The molecule has 2 aromatic heterocycles. The van der Waals surface area contributed by atoms with Crippen LogP contribution >= 0.6 is 11.8 Å². The third-order valence-corrected chi connectivity index (χ3v) is 5.09. The molecule has 4 nitrogen and oxygen atoms in total. The third-order valence-electron chi connectivity index (χ3n) is 3.90. The summed E-state index contributed by atoms with van der Waals surface area (Å²) in [5, 5.41) is 9.14. The van der Waals surface area contributed by atoms with Gasteiger partial charge in [0.05, 0.1) is 23.6 Å². The van der Waals surface area contributed by atoms with Gasteiger partial charge in [-0.1, -0.05) is 18.2 Å². The van der Waals surface area contributed by atoms with Gasteiger partial charge in [-0.15, -0.1) is 11.8 Å². The first kappa shape index (κ1) is 12.7. The zero-order valence-electron chi connectivity index (χ0n) is 12.0. The van der Waals surface area contributed by atoms with E-state index < -0.39 is 0 Å². The highest BCUT2D eigenvalue weighted by Crippen LogP contribution is 2.39. The molecule has 3 heterocycles. The number of hydrogen-bond acceptors (Lipinski definition) is 4. The number of aryl methyl sites for hydroxylation is 2. The lowest BCUT2D eigenvalue weighted by atomic mass is 10.1. The van der Waals surface area contributed by atoms with Gasteiger partial charge in [0.1, 0.15) is 0 Å². The van der Waals surface area contributed by atoms with Crippen molar-refractivity contribution >= 4 is 28.5 Å². The number of anilines is 1. The van der Waals surface area contributed by atoms with Crippen molar-refractivity contribution < 1.29 is 0 Å². The van der Waals surface area contributed by atoms with Crippen molar-refractivity contribution in [2.24, 2.45) is 7.05 Å². The molecular formula is C16H16N4S. The summed E-state index contributed by atoms with van der Waals surface area (Å²) >= 11 is 1.91. The first-order valence-electron chi connectivity index (χ1n) is 7.00. The summed E-state index contributed by atoms with van der Waals surface area (Å²) in [4.78, 5) is 5.91. The molecule has 3 aromatic rings. The minimum atomic E-state index is 0.349. The largest absolute Gasteiger partial charge is 0.376 e. The summed E-state index contributed by atoms with van der Waals surface area (Å²) in [6.07, 6.45) is 1.90. The topological polar surface area (TPSA) is 42.7 Å². The third kappa shape index (κ3) is 2.08. The maximum atomic E-state index is 4.53. The van der Waals surface area contributed by atoms with Crippen LogP contribution in [0.1, 0.15) is 17.3 Å². The first-order valence-corrected chi connectivity index (χ1v) is 7.98. The van der Waals surface area contributed by atoms with Crippen molar-refractivity contribution in [1.29, 1.82) is 0 Å². The van der Waals surface area contributed by atoms with Crippen LogP contribution in [0.5, 0.6) is 0 Å². The first-order chi connectivity index (χ1) is 10.2. The quantitative estimate of drug-likeness (QED) is 0.785. The standard InChI is InChI=1S/C16H16N4S/c1-10-13-7-11(8-17-16(13)20(2)19-10)18-14-9-21-15-6-4-3-5-12(14)15/h3-8,14,18H,9H2,1-2H3. The van der Waals surface area contributed by atoms with Crippen LogP contribution in [0.25, 0.3) is 11.0 Å². The molecule has 0 saturated carbocycles. The molecule has 0 radical (unpaired) electrons. The van der Waals surface area contributed by atoms with Crippen LogP contribution in [-0.4, -0.2) is 20.5 Å². The van der Waals surface area contributed by atoms with Crippen molar-refractivity contribution in [1.82, 2.24) is 14.8 Å². The number of nitrogens with one attached hydrogen (secondary N) is 1. The van der Waals surface area contributed by atoms with Crippen LogP contribution in [0, 0.1) is 6.92 Å². The zero-order valence-corrected chi connectivity index (χ0v) is 12.8. The molecule has 0 saturated heterocycles. The second-order valence-electron chi connectivity index (χ2n) is 5.35. The van der Waals surface area contributed by atoms with Gasteiger partial charge in [0.25, 0.3) is 0 Å². The van der Waals surface area contributed by atoms with E-state index in [1.54, 1.807) is 0 Å². The molecule has 1 unspecified atom stereocenters. The van der Waals surface area contributed by atoms with Gasteiger partial charge >= 0.3 is 0 Å². The fourth-order valence-corrected chi connectivity index (χ4v) is 4.03. The van der Waals surface area contributed by atoms with Gasteiger partial charge in [-0.3, -0.25) is 4.68 Å². The highest BCUT2D eigenvalue weighted by atomic mass is 32.2. The summed E-state index contributed by atoms with van der Waals surface area (Å²) in [6, 6.07) is 11.1. The fourth-order valence-electron chi connectivity index (χ4n) is 2.87. The molecule has 0 spiro atoms. The SMILES string of the molecule is Cc1nn(C)c2ncc(NC3CSc4ccccc43)cc12. The second-order valence-corrected chi connectivity index (χ2v) is 6.41. The minimum Gasteiger partial charge on any atom is -0.376 e. The Hall–Kier alpha value is -2.01. The molecule has 1 atom stereocenters. The summed E-state index contributed by atoms with van der Waals surface area (Å²) in [5.41, 5.74) is 4.38. The molecule has 5 heteroatoms. The number of thioether (sulfide) groups is 1. The number of aromatic nitrogens is 3. The van der Waals surface area contributed by atoms with Gasteiger partial charge < -0.3 is 5.32 Å². The summed E-state index contributed by atoms with van der Waals surface area (Å²) in [5.74, 6) is 1.06. The van der Waals surface area contributed by atoms with Crippen LogP contribution in [0.15, 0.2) is 41.4 Å².